The maximum Gasteiger partial charge on any atom is 0.300 e. The van der Waals surface area contributed by atoms with Crippen LogP contribution in [0, 0.1) is 0 Å². The van der Waals surface area contributed by atoms with Gasteiger partial charge in [0, 0.05) is 6.92 Å². The van der Waals surface area contributed by atoms with Crippen LogP contribution in [-0.4, -0.2) is 22.3 Å². The molecule has 0 aliphatic heterocycles. The number of aliphatic hydroxyl groups excluding tert-OH is 1. The van der Waals surface area contributed by atoms with Gasteiger partial charge in [-0.25, -0.2) is 0 Å². The van der Waals surface area contributed by atoms with Crippen molar-refractivity contribution in [1.29, 1.82) is 0 Å². The quantitative estimate of drug-likeness (QED) is 0.660. The van der Waals surface area contributed by atoms with E-state index in [9.17, 15) is 0 Å². The average molecular weight is 186 g/mol. The highest BCUT2D eigenvalue weighted by molar-refractivity contribution is 5.62. The summed E-state index contributed by atoms with van der Waals surface area (Å²) in [7, 11) is 0. The second-order valence-electron chi connectivity index (χ2n) is 2.47. The van der Waals surface area contributed by atoms with Crippen molar-refractivity contribution in [3.8, 4) is 0 Å². The number of aliphatic hydroxyl groups is 1. The first kappa shape index (κ1) is 14.4. The summed E-state index contributed by atoms with van der Waals surface area (Å²) < 4.78 is 0. The van der Waals surface area contributed by atoms with Crippen LogP contribution in [0.15, 0.2) is 24.8 Å². The number of hydrogen-bond donors (Lipinski definition) is 2. The number of carbonyl (C=O) groups is 1. The number of rotatable bonds is 4. The number of aliphatic carboxylic acids is 1. The Kier molecular flexibility index (Phi) is 12.1. The van der Waals surface area contributed by atoms with Gasteiger partial charge in [0.15, 0.2) is 0 Å². The topological polar surface area (TPSA) is 57.5 Å². The van der Waals surface area contributed by atoms with E-state index in [-0.39, 0.29) is 6.10 Å². The zero-order valence-electron chi connectivity index (χ0n) is 8.23. The van der Waals surface area contributed by atoms with E-state index in [1.54, 1.807) is 6.08 Å². The molecule has 0 amide bonds. The molecule has 0 fully saturated rings. The normalized spacial score (nSPS) is 11.6. The Morgan fingerprint density at radius 2 is 2.08 bits per heavy atom. The molecule has 76 valence electrons. The molecule has 3 heteroatoms. The lowest BCUT2D eigenvalue weighted by atomic mass is 10.2. The Bertz CT molecular complexity index is 158. The van der Waals surface area contributed by atoms with E-state index in [1.807, 2.05) is 19.1 Å². The first-order chi connectivity index (χ1) is 6.04. The van der Waals surface area contributed by atoms with Crippen molar-refractivity contribution in [2.45, 2.75) is 32.8 Å². The summed E-state index contributed by atoms with van der Waals surface area (Å²) in [6.07, 6.45) is 6.96. The number of allylic oxidation sites excluding steroid dienone is 2. The third-order valence-electron chi connectivity index (χ3n) is 1.14. The van der Waals surface area contributed by atoms with Gasteiger partial charge in [-0.1, -0.05) is 18.2 Å². The highest BCUT2D eigenvalue weighted by Gasteiger charge is 1.92. The van der Waals surface area contributed by atoms with Gasteiger partial charge in [0.05, 0.1) is 6.10 Å². The molecule has 0 aromatic heterocycles. The standard InChI is InChI=1S/C8H14O.C2H4O2/c1-3-5-6-7-8(9)4-2;1-2(3)4/h3-5,8-9H,2,6-7H2,1H3;1H3,(H,3,4). The highest BCUT2D eigenvalue weighted by Crippen LogP contribution is 1.97. The first-order valence-corrected chi connectivity index (χ1v) is 4.15. The van der Waals surface area contributed by atoms with E-state index in [1.165, 1.54) is 0 Å². The molecule has 0 aromatic rings. The van der Waals surface area contributed by atoms with Crippen molar-refractivity contribution >= 4 is 5.97 Å². The van der Waals surface area contributed by atoms with Crippen LogP contribution in [0.5, 0.6) is 0 Å². The molecule has 3 nitrogen and oxygen atoms in total. The van der Waals surface area contributed by atoms with Crippen molar-refractivity contribution in [2.24, 2.45) is 0 Å². The molecular weight excluding hydrogens is 168 g/mol. The fourth-order valence-corrected chi connectivity index (χ4v) is 0.552. The van der Waals surface area contributed by atoms with Crippen LogP contribution >= 0.6 is 0 Å². The summed E-state index contributed by atoms with van der Waals surface area (Å²) >= 11 is 0. The summed E-state index contributed by atoms with van der Waals surface area (Å²) in [5.74, 6) is -0.833. The monoisotopic (exact) mass is 186 g/mol. The molecule has 0 spiro atoms. The van der Waals surface area contributed by atoms with Gasteiger partial charge in [0.25, 0.3) is 5.97 Å². The number of carboxylic acid groups (broad SMARTS) is 1. The van der Waals surface area contributed by atoms with E-state index < -0.39 is 5.97 Å². The predicted molar refractivity (Wildman–Crippen MR) is 53.6 cm³/mol. The molecular formula is C10H18O3. The van der Waals surface area contributed by atoms with Gasteiger partial charge in [-0.05, 0) is 19.8 Å². The van der Waals surface area contributed by atoms with Gasteiger partial charge in [0.2, 0.25) is 0 Å². The third kappa shape index (κ3) is 24.8. The van der Waals surface area contributed by atoms with E-state index in [0.29, 0.717) is 0 Å². The summed E-state index contributed by atoms with van der Waals surface area (Å²) in [6, 6.07) is 0. The molecule has 0 rings (SSSR count). The van der Waals surface area contributed by atoms with Gasteiger partial charge in [-0.2, -0.15) is 0 Å². The zero-order chi connectivity index (χ0) is 10.7. The molecule has 0 aromatic carbocycles. The summed E-state index contributed by atoms with van der Waals surface area (Å²) in [4.78, 5) is 9.00. The van der Waals surface area contributed by atoms with Crippen LogP contribution in [0.2, 0.25) is 0 Å². The molecule has 0 aliphatic rings. The molecule has 0 saturated heterocycles. The molecule has 1 atom stereocenters. The smallest absolute Gasteiger partial charge is 0.300 e. The Hall–Kier alpha value is -1.09. The van der Waals surface area contributed by atoms with Crippen molar-refractivity contribution in [2.75, 3.05) is 0 Å². The highest BCUT2D eigenvalue weighted by atomic mass is 16.4. The number of carboxylic acids is 1. The third-order valence-corrected chi connectivity index (χ3v) is 1.14. The molecule has 0 heterocycles. The molecule has 0 aliphatic carbocycles. The Morgan fingerprint density at radius 1 is 1.62 bits per heavy atom. The molecule has 1 unspecified atom stereocenters. The molecule has 0 bridgehead atoms. The minimum absolute atomic E-state index is 0.332. The minimum Gasteiger partial charge on any atom is -0.481 e. The summed E-state index contributed by atoms with van der Waals surface area (Å²) in [6.45, 7) is 6.52. The Labute approximate surface area is 79.4 Å². The van der Waals surface area contributed by atoms with Crippen LogP contribution in [0.1, 0.15) is 26.7 Å². The fraction of sp³-hybridized carbons (Fsp3) is 0.500. The van der Waals surface area contributed by atoms with Crippen LogP contribution in [0.25, 0.3) is 0 Å². The van der Waals surface area contributed by atoms with Crippen LogP contribution in [-0.2, 0) is 4.79 Å². The Balaban J connectivity index is 0. The zero-order valence-corrected chi connectivity index (χ0v) is 8.23. The SMILES string of the molecule is C=CC(O)CCC=CC.CC(=O)O. The maximum absolute atomic E-state index is 9.00. The van der Waals surface area contributed by atoms with E-state index in [0.717, 1.165) is 19.8 Å². The van der Waals surface area contributed by atoms with Crippen molar-refractivity contribution in [3.63, 3.8) is 0 Å². The lowest BCUT2D eigenvalue weighted by Crippen LogP contribution is -1.98. The van der Waals surface area contributed by atoms with Crippen LogP contribution in [0.4, 0.5) is 0 Å². The summed E-state index contributed by atoms with van der Waals surface area (Å²) in [5, 5.41) is 16.3. The molecule has 0 radical (unpaired) electrons. The van der Waals surface area contributed by atoms with Crippen molar-refractivity contribution < 1.29 is 15.0 Å². The fourth-order valence-electron chi connectivity index (χ4n) is 0.552. The number of hydrogen-bond acceptors (Lipinski definition) is 2. The van der Waals surface area contributed by atoms with Gasteiger partial charge in [-0.15, -0.1) is 6.58 Å². The van der Waals surface area contributed by atoms with Crippen LogP contribution < -0.4 is 0 Å². The van der Waals surface area contributed by atoms with E-state index >= 15 is 0 Å². The summed E-state index contributed by atoms with van der Waals surface area (Å²) in [5.41, 5.74) is 0. The average Bonchev–Trinajstić information content (AvgIpc) is 2.03. The largest absolute Gasteiger partial charge is 0.481 e. The molecule has 2 N–H and O–H groups in total. The van der Waals surface area contributed by atoms with Gasteiger partial charge in [-0.3, -0.25) is 4.79 Å². The molecule has 13 heavy (non-hydrogen) atoms. The van der Waals surface area contributed by atoms with Gasteiger partial charge >= 0.3 is 0 Å². The lowest BCUT2D eigenvalue weighted by molar-refractivity contribution is -0.134. The second-order valence-corrected chi connectivity index (χ2v) is 2.47. The van der Waals surface area contributed by atoms with Gasteiger partial charge in [0.1, 0.15) is 0 Å². The van der Waals surface area contributed by atoms with Crippen LogP contribution in [0.3, 0.4) is 0 Å². The molecule has 0 saturated carbocycles. The van der Waals surface area contributed by atoms with Crippen molar-refractivity contribution in [1.82, 2.24) is 0 Å². The van der Waals surface area contributed by atoms with E-state index in [2.05, 4.69) is 6.58 Å². The maximum atomic E-state index is 9.00. The predicted octanol–water partition coefficient (Wildman–Crippen LogP) is 1.98. The Morgan fingerprint density at radius 3 is 2.38 bits per heavy atom. The van der Waals surface area contributed by atoms with Crippen molar-refractivity contribution in [3.05, 3.63) is 24.8 Å². The van der Waals surface area contributed by atoms with E-state index in [4.69, 9.17) is 15.0 Å². The minimum atomic E-state index is -0.833. The second kappa shape index (κ2) is 10.9. The first-order valence-electron chi connectivity index (χ1n) is 4.15. The van der Waals surface area contributed by atoms with Gasteiger partial charge < -0.3 is 10.2 Å². The lowest BCUT2D eigenvalue weighted by Gasteiger charge is -1.99.